The maximum Gasteiger partial charge on any atom is 0.328 e. The van der Waals surface area contributed by atoms with Gasteiger partial charge in [-0.25, -0.2) is 4.79 Å². The zero-order valence-electron chi connectivity index (χ0n) is 14.0. The van der Waals surface area contributed by atoms with Crippen LogP contribution in [0.4, 0.5) is 0 Å². The Kier molecular flexibility index (Phi) is 5.16. The number of carbonyl (C=O) groups is 2. The van der Waals surface area contributed by atoms with E-state index < -0.39 is 6.04 Å². The van der Waals surface area contributed by atoms with Crippen LogP contribution in [-0.4, -0.2) is 65.7 Å². The van der Waals surface area contributed by atoms with Crippen molar-refractivity contribution in [2.24, 2.45) is 0 Å². The minimum absolute atomic E-state index is 0.0889. The fourth-order valence-electron chi connectivity index (χ4n) is 3.59. The third-order valence-corrected chi connectivity index (χ3v) is 4.88. The highest BCUT2D eigenvalue weighted by molar-refractivity contribution is 5.86. The van der Waals surface area contributed by atoms with Crippen LogP contribution in [0.15, 0.2) is 24.3 Å². The summed E-state index contributed by atoms with van der Waals surface area (Å²) in [5.74, 6) is -0.467. The monoisotopic (exact) mass is 332 g/mol. The Hall–Kier alpha value is -1.92. The van der Waals surface area contributed by atoms with E-state index in [4.69, 9.17) is 4.74 Å². The molecule has 1 aromatic rings. The first kappa shape index (κ1) is 16.9. The average Bonchev–Trinajstić information content (AvgIpc) is 2.60. The number of benzene rings is 1. The zero-order valence-corrected chi connectivity index (χ0v) is 14.0. The highest BCUT2D eigenvalue weighted by Crippen LogP contribution is 2.24. The van der Waals surface area contributed by atoms with Crippen molar-refractivity contribution in [2.75, 3.05) is 26.7 Å². The molecule has 1 amide bonds. The Labute approximate surface area is 142 Å². The van der Waals surface area contributed by atoms with Crippen LogP contribution in [0.25, 0.3) is 0 Å². The van der Waals surface area contributed by atoms with Crippen LogP contribution in [0.5, 0.6) is 0 Å². The number of rotatable bonds is 3. The third-order valence-electron chi connectivity index (χ3n) is 4.88. The van der Waals surface area contributed by atoms with Crippen molar-refractivity contribution in [3.8, 4) is 0 Å². The standard InChI is InChI=1S/C18H24N2O4/c1-24-18(23)16-9-13-5-2-3-6-14(13)10-20(16)17(22)12-19-8-4-7-15(21)11-19/h2-3,5-6,15-16,21H,4,7-12H2,1H3. The predicted octanol–water partition coefficient (Wildman–Crippen LogP) is 0.570. The largest absolute Gasteiger partial charge is 0.467 e. The molecule has 0 bridgehead atoms. The molecule has 24 heavy (non-hydrogen) atoms. The molecule has 2 atom stereocenters. The number of methoxy groups -OCH3 is 1. The number of fused-ring (bicyclic) bond motifs is 1. The number of aliphatic hydroxyl groups excluding tert-OH is 1. The fraction of sp³-hybridized carbons (Fsp3) is 0.556. The van der Waals surface area contributed by atoms with E-state index in [2.05, 4.69) is 0 Å². The summed E-state index contributed by atoms with van der Waals surface area (Å²) < 4.78 is 4.91. The number of piperidine rings is 1. The van der Waals surface area contributed by atoms with Crippen LogP contribution < -0.4 is 0 Å². The van der Waals surface area contributed by atoms with E-state index in [1.807, 2.05) is 29.2 Å². The van der Waals surface area contributed by atoms with Crippen LogP contribution in [0.2, 0.25) is 0 Å². The number of hydrogen-bond acceptors (Lipinski definition) is 5. The van der Waals surface area contributed by atoms with Gasteiger partial charge in [0.1, 0.15) is 6.04 Å². The topological polar surface area (TPSA) is 70.1 Å². The van der Waals surface area contributed by atoms with Gasteiger partial charge in [0.15, 0.2) is 0 Å². The molecule has 0 saturated carbocycles. The molecular formula is C18H24N2O4. The summed E-state index contributed by atoms with van der Waals surface area (Å²) in [7, 11) is 1.35. The number of esters is 1. The molecule has 2 aliphatic rings. The minimum atomic E-state index is -0.577. The lowest BCUT2D eigenvalue weighted by Crippen LogP contribution is -2.53. The van der Waals surface area contributed by atoms with Crippen molar-refractivity contribution in [1.29, 1.82) is 0 Å². The maximum absolute atomic E-state index is 12.8. The molecule has 2 unspecified atom stereocenters. The molecule has 2 heterocycles. The molecule has 3 rings (SSSR count). The number of aliphatic hydroxyl groups is 1. The molecule has 2 aliphatic heterocycles. The first-order valence-corrected chi connectivity index (χ1v) is 8.43. The molecule has 0 spiro atoms. The molecule has 6 nitrogen and oxygen atoms in total. The number of ether oxygens (including phenoxy) is 1. The molecular weight excluding hydrogens is 308 g/mol. The summed E-state index contributed by atoms with van der Waals surface area (Å²) in [6.45, 7) is 1.97. The second-order valence-electron chi connectivity index (χ2n) is 6.56. The van der Waals surface area contributed by atoms with Crippen molar-refractivity contribution >= 4 is 11.9 Å². The Morgan fingerprint density at radius 1 is 1.29 bits per heavy atom. The zero-order chi connectivity index (χ0) is 17.1. The van der Waals surface area contributed by atoms with Gasteiger partial charge in [-0.3, -0.25) is 9.69 Å². The second-order valence-corrected chi connectivity index (χ2v) is 6.56. The van der Waals surface area contributed by atoms with E-state index in [0.29, 0.717) is 19.5 Å². The molecule has 0 aromatic heterocycles. The van der Waals surface area contributed by atoms with E-state index in [-0.39, 0.29) is 24.5 Å². The lowest BCUT2D eigenvalue weighted by Gasteiger charge is -2.37. The van der Waals surface area contributed by atoms with E-state index in [1.54, 1.807) is 4.90 Å². The van der Waals surface area contributed by atoms with Crippen molar-refractivity contribution in [3.05, 3.63) is 35.4 Å². The number of carbonyl (C=O) groups excluding carboxylic acids is 2. The molecule has 0 aliphatic carbocycles. The molecule has 1 aromatic carbocycles. The van der Waals surface area contributed by atoms with Crippen molar-refractivity contribution in [1.82, 2.24) is 9.80 Å². The number of nitrogens with zero attached hydrogens (tertiary/aromatic N) is 2. The van der Waals surface area contributed by atoms with Crippen LogP contribution in [0.3, 0.4) is 0 Å². The minimum Gasteiger partial charge on any atom is -0.467 e. The first-order chi connectivity index (χ1) is 11.6. The van der Waals surface area contributed by atoms with Crippen molar-refractivity contribution < 1.29 is 19.4 Å². The van der Waals surface area contributed by atoms with Gasteiger partial charge in [0, 0.05) is 19.5 Å². The highest BCUT2D eigenvalue weighted by Gasteiger charge is 2.36. The van der Waals surface area contributed by atoms with E-state index >= 15 is 0 Å². The summed E-state index contributed by atoms with van der Waals surface area (Å²) >= 11 is 0. The number of amides is 1. The molecule has 0 radical (unpaired) electrons. The number of likely N-dealkylation sites (tertiary alicyclic amines) is 1. The Balaban J connectivity index is 1.75. The highest BCUT2D eigenvalue weighted by atomic mass is 16.5. The quantitative estimate of drug-likeness (QED) is 0.820. The summed E-state index contributed by atoms with van der Waals surface area (Å²) in [5, 5.41) is 9.77. The third kappa shape index (κ3) is 3.60. The molecule has 6 heteroatoms. The van der Waals surface area contributed by atoms with Gasteiger partial charge in [-0.15, -0.1) is 0 Å². The number of β-amino-alcohol motifs (C(OH)–C–C–N with tert-alkyl or cyclic N) is 1. The lowest BCUT2D eigenvalue weighted by molar-refractivity contribution is -0.154. The van der Waals surface area contributed by atoms with Gasteiger partial charge in [-0.2, -0.15) is 0 Å². The normalized spacial score (nSPS) is 24.3. The molecule has 1 saturated heterocycles. The summed E-state index contributed by atoms with van der Waals surface area (Å²) in [5.41, 5.74) is 2.16. The van der Waals surface area contributed by atoms with Gasteiger partial charge >= 0.3 is 5.97 Å². The predicted molar refractivity (Wildman–Crippen MR) is 88.2 cm³/mol. The van der Waals surface area contributed by atoms with Crippen molar-refractivity contribution in [2.45, 2.75) is 38.0 Å². The lowest BCUT2D eigenvalue weighted by atomic mass is 9.94. The Morgan fingerprint density at radius 2 is 2.04 bits per heavy atom. The van der Waals surface area contributed by atoms with Gasteiger partial charge in [0.2, 0.25) is 5.91 Å². The SMILES string of the molecule is COC(=O)C1Cc2ccccc2CN1C(=O)CN1CCCC(O)C1. The van der Waals surface area contributed by atoms with Crippen molar-refractivity contribution in [3.63, 3.8) is 0 Å². The smallest absolute Gasteiger partial charge is 0.328 e. The van der Waals surface area contributed by atoms with Gasteiger partial charge < -0.3 is 14.7 Å². The van der Waals surface area contributed by atoms with Crippen LogP contribution in [-0.2, 0) is 27.3 Å². The molecule has 1 N–H and O–H groups in total. The molecule has 1 fully saturated rings. The van der Waals surface area contributed by atoms with Gasteiger partial charge in [-0.1, -0.05) is 24.3 Å². The fourth-order valence-corrected chi connectivity index (χ4v) is 3.59. The summed E-state index contributed by atoms with van der Waals surface area (Å²) in [6, 6.07) is 7.30. The van der Waals surface area contributed by atoms with Gasteiger partial charge in [-0.05, 0) is 30.5 Å². The van der Waals surface area contributed by atoms with E-state index in [9.17, 15) is 14.7 Å². The Bertz CT molecular complexity index is 619. The average molecular weight is 332 g/mol. The number of hydrogen-bond donors (Lipinski definition) is 1. The van der Waals surface area contributed by atoms with Gasteiger partial charge in [0.05, 0.1) is 19.8 Å². The van der Waals surface area contributed by atoms with E-state index in [1.165, 1.54) is 7.11 Å². The summed E-state index contributed by atoms with van der Waals surface area (Å²) in [4.78, 5) is 28.6. The van der Waals surface area contributed by atoms with Crippen LogP contribution >= 0.6 is 0 Å². The maximum atomic E-state index is 12.8. The van der Waals surface area contributed by atoms with Gasteiger partial charge in [0.25, 0.3) is 0 Å². The Morgan fingerprint density at radius 3 is 2.75 bits per heavy atom. The second kappa shape index (κ2) is 7.32. The molecule has 130 valence electrons. The van der Waals surface area contributed by atoms with Crippen LogP contribution in [0.1, 0.15) is 24.0 Å². The first-order valence-electron chi connectivity index (χ1n) is 8.43. The van der Waals surface area contributed by atoms with E-state index in [0.717, 1.165) is 30.5 Å². The summed E-state index contributed by atoms with van der Waals surface area (Å²) in [6.07, 6.45) is 1.78. The van der Waals surface area contributed by atoms with Crippen LogP contribution in [0, 0.1) is 0 Å².